The predicted octanol–water partition coefficient (Wildman–Crippen LogP) is 3.64. The number of esters is 1. The van der Waals surface area contributed by atoms with Crippen molar-refractivity contribution in [2.75, 3.05) is 7.11 Å². The van der Waals surface area contributed by atoms with Gasteiger partial charge in [-0.25, -0.2) is 9.79 Å². The Kier molecular flexibility index (Phi) is 4.24. The van der Waals surface area contributed by atoms with Crippen LogP contribution >= 0.6 is 22.6 Å². The van der Waals surface area contributed by atoms with Gasteiger partial charge in [-0.15, -0.1) is 0 Å². The van der Waals surface area contributed by atoms with Gasteiger partial charge >= 0.3 is 5.97 Å². The molecule has 0 amide bonds. The van der Waals surface area contributed by atoms with Crippen LogP contribution in [0.3, 0.4) is 0 Å². The molecule has 0 saturated carbocycles. The van der Waals surface area contributed by atoms with E-state index in [9.17, 15) is 4.79 Å². The number of aliphatic imine (C=N–C) groups is 1. The predicted molar refractivity (Wildman–Crippen MR) is 92.8 cm³/mol. The highest BCUT2D eigenvalue weighted by atomic mass is 127. The van der Waals surface area contributed by atoms with Gasteiger partial charge < -0.3 is 9.47 Å². The van der Waals surface area contributed by atoms with Crippen LogP contribution in [0.1, 0.15) is 11.1 Å². The van der Waals surface area contributed by atoms with E-state index in [-0.39, 0.29) is 5.70 Å². The largest absolute Gasteiger partial charge is 0.497 e. The van der Waals surface area contributed by atoms with Crippen molar-refractivity contribution in [1.82, 2.24) is 0 Å². The van der Waals surface area contributed by atoms with E-state index in [2.05, 4.69) is 27.6 Å². The molecule has 0 fully saturated rings. The van der Waals surface area contributed by atoms with E-state index in [4.69, 9.17) is 9.47 Å². The fraction of sp³-hybridized carbons (Fsp3) is 0.0588. The van der Waals surface area contributed by atoms with Crippen LogP contribution in [0, 0.1) is 3.57 Å². The normalized spacial score (nSPS) is 15.6. The number of rotatable bonds is 3. The van der Waals surface area contributed by atoms with Crippen LogP contribution in [-0.2, 0) is 9.53 Å². The first-order valence-electron chi connectivity index (χ1n) is 6.58. The summed E-state index contributed by atoms with van der Waals surface area (Å²) in [5, 5.41) is 0. The summed E-state index contributed by atoms with van der Waals surface area (Å²) in [6, 6.07) is 15.0. The van der Waals surface area contributed by atoms with Gasteiger partial charge in [-0.3, -0.25) is 0 Å². The summed E-state index contributed by atoms with van der Waals surface area (Å²) in [6.07, 6.45) is 1.69. The van der Waals surface area contributed by atoms with Gasteiger partial charge in [0.2, 0.25) is 5.90 Å². The molecule has 0 atom stereocenters. The minimum Gasteiger partial charge on any atom is -0.497 e. The summed E-state index contributed by atoms with van der Waals surface area (Å²) in [7, 11) is 1.60. The molecular weight excluding hydrogens is 393 g/mol. The summed E-state index contributed by atoms with van der Waals surface area (Å²) >= 11 is 2.22. The third-order valence-corrected chi connectivity index (χ3v) is 3.83. The van der Waals surface area contributed by atoms with Crippen LogP contribution in [0.4, 0.5) is 0 Å². The fourth-order valence-corrected chi connectivity index (χ4v) is 2.37. The minimum absolute atomic E-state index is 0.279. The van der Waals surface area contributed by atoms with Gasteiger partial charge in [0.1, 0.15) is 5.75 Å². The SMILES string of the molecule is COc1cccc(/C=C2\N=C(c3ccc(I)cc3)OC2=O)c1. The molecule has 0 spiro atoms. The zero-order valence-electron chi connectivity index (χ0n) is 11.7. The second-order valence-electron chi connectivity index (χ2n) is 4.62. The van der Waals surface area contributed by atoms with E-state index < -0.39 is 5.97 Å². The molecule has 0 saturated heterocycles. The Balaban J connectivity index is 1.92. The lowest BCUT2D eigenvalue weighted by atomic mass is 10.2. The Hall–Kier alpha value is -2.15. The van der Waals surface area contributed by atoms with Crippen molar-refractivity contribution in [3.63, 3.8) is 0 Å². The number of methoxy groups -OCH3 is 1. The number of cyclic esters (lactones) is 1. The molecule has 0 aliphatic carbocycles. The molecule has 0 aromatic heterocycles. The topological polar surface area (TPSA) is 47.9 Å². The van der Waals surface area contributed by atoms with E-state index in [0.29, 0.717) is 5.90 Å². The Morgan fingerprint density at radius 3 is 2.68 bits per heavy atom. The second-order valence-corrected chi connectivity index (χ2v) is 5.87. The number of halogens is 1. The van der Waals surface area contributed by atoms with Gasteiger partial charge in [0.15, 0.2) is 5.70 Å². The maximum Gasteiger partial charge on any atom is 0.363 e. The highest BCUT2D eigenvalue weighted by Crippen LogP contribution is 2.21. The first-order valence-corrected chi connectivity index (χ1v) is 7.66. The lowest BCUT2D eigenvalue weighted by molar-refractivity contribution is -0.129. The molecule has 0 radical (unpaired) electrons. The van der Waals surface area contributed by atoms with Crippen LogP contribution in [0.5, 0.6) is 5.75 Å². The first-order chi connectivity index (χ1) is 10.7. The number of hydrogen-bond acceptors (Lipinski definition) is 4. The molecule has 1 aliphatic heterocycles. The molecule has 0 N–H and O–H groups in total. The van der Waals surface area contributed by atoms with Crippen molar-refractivity contribution in [3.05, 3.63) is 68.9 Å². The fourth-order valence-electron chi connectivity index (χ4n) is 2.01. The van der Waals surface area contributed by atoms with Gasteiger partial charge in [0.25, 0.3) is 0 Å². The molecule has 2 aromatic rings. The van der Waals surface area contributed by atoms with Crippen molar-refractivity contribution in [2.45, 2.75) is 0 Å². The second kappa shape index (κ2) is 6.31. The summed E-state index contributed by atoms with van der Waals surface area (Å²) in [5.41, 5.74) is 1.89. The van der Waals surface area contributed by atoms with Crippen molar-refractivity contribution in [3.8, 4) is 5.75 Å². The van der Waals surface area contributed by atoms with Crippen molar-refractivity contribution in [2.24, 2.45) is 4.99 Å². The van der Waals surface area contributed by atoms with Crippen LogP contribution in [0.2, 0.25) is 0 Å². The van der Waals surface area contributed by atoms with Gasteiger partial charge in [-0.1, -0.05) is 12.1 Å². The van der Waals surface area contributed by atoms with E-state index >= 15 is 0 Å². The van der Waals surface area contributed by atoms with E-state index in [1.54, 1.807) is 13.2 Å². The number of benzene rings is 2. The molecule has 1 heterocycles. The summed E-state index contributed by atoms with van der Waals surface area (Å²) in [4.78, 5) is 16.2. The summed E-state index contributed by atoms with van der Waals surface area (Å²) in [6.45, 7) is 0. The number of ether oxygens (including phenoxy) is 2. The number of carbonyl (C=O) groups excluding carboxylic acids is 1. The van der Waals surface area contributed by atoms with Crippen LogP contribution in [0.15, 0.2) is 59.2 Å². The maximum atomic E-state index is 11.9. The third-order valence-electron chi connectivity index (χ3n) is 3.11. The molecule has 2 aromatic carbocycles. The number of carbonyl (C=O) groups is 1. The van der Waals surface area contributed by atoms with Gasteiger partial charge in [-0.05, 0) is 70.6 Å². The summed E-state index contributed by atoms with van der Waals surface area (Å²) < 4.78 is 11.5. The lowest BCUT2D eigenvalue weighted by Gasteiger charge is -2.00. The van der Waals surface area contributed by atoms with Gasteiger partial charge in [0.05, 0.1) is 7.11 Å². The molecule has 4 nitrogen and oxygen atoms in total. The van der Waals surface area contributed by atoms with Crippen LogP contribution in [0.25, 0.3) is 6.08 Å². The van der Waals surface area contributed by atoms with Crippen LogP contribution in [-0.4, -0.2) is 19.0 Å². The molecular formula is C17H12INO3. The minimum atomic E-state index is -0.448. The van der Waals surface area contributed by atoms with Crippen molar-refractivity contribution >= 4 is 40.5 Å². The molecule has 0 bridgehead atoms. The average Bonchev–Trinajstić information content (AvgIpc) is 2.89. The zero-order valence-corrected chi connectivity index (χ0v) is 13.9. The average molecular weight is 405 g/mol. The standard InChI is InChI=1S/C17H12INO3/c1-21-14-4-2-3-11(9-14)10-15-17(20)22-16(19-15)12-5-7-13(18)8-6-12/h2-10H,1H3/b15-10-. The Bertz CT molecular complexity index is 779. The third kappa shape index (κ3) is 3.19. The highest BCUT2D eigenvalue weighted by Gasteiger charge is 2.24. The smallest absolute Gasteiger partial charge is 0.363 e. The molecule has 1 aliphatic rings. The van der Waals surface area contributed by atoms with Crippen molar-refractivity contribution in [1.29, 1.82) is 0 Å². The quantitative estimate of drug-likeness (QED) is 0.445. The molecule has 0 unspecified atom stereocenters. The summed E-state index contributed by atoms with van der Waals surface area (Å²) in [5.74, 6) is 0.606. The van der Waals surface area contributed by atoms with E-state index in [0.717, 1.165) is 20.4 Å². The first kappa shape index (κ1) is 14.8. The molecule has 110 valence electrons. The molecule has 5 heteroatoms. The highest BCUT2D eigenvalue weighted by molar-refractivity contribution is 14.1. The molecule has 3 rings (SSSR count). The lowest BCUT2D eigenvalue weighted by Crippen LogP contribution is -2.05. The number of hydrogen-bond donors (Lipinski definition) is 0. The van der Waals surface area contributed by atoms with E-state index in [1.165, 1.54) is 0 Å². The molecule has 22 heavy (non-hydrogen) atoms. The Labute approximate surface area is 141 Å². The van der Waals surface area contributed by atoms with Crippen LogP contribution < -0.4 is 4.74 Å². The maximum absolute atomic E-state index is 11.9. The Morgan fingerprint density at radius 1 is 1.18 bits per heavy atom. The zero-order chi connectivity index (χ0) is 15.5. The number of nitrogens with zero attached hydrogens (tertiary/aromatic N) is 1. The monoisotopic (exact) mass is 405 g/mol. The van der Waals surface area contributed by atoms with Gasteiger partial charge in [-0.2, -0.15) is 0 Å². The van der Waals surface area contributed by atoms with Gasteiger partial charge in [0, 0.05) is 9.13 Å². The Morgan fingerprint density at radius 2 is 1.95 bits per heavy atom. The van der Waals surface area contributed by atoms with Crippen molar-refractivity contribution < 1.29 is 14.3 Å². The van der Waals surface area contributed by atoms with E-state index in [1.807, 2.05) is 48.5 Å².